The fourth-order valence-electron chi connectivity index (χ4n) is 2.70. The van der Waals surface area contributed by atoms with Crippen molar-refractivity contribution in [1.82, 2.24) is 4.90 Å². The molecule has 1 atom stereocenters. The van der Waals surface area contributed by atoms with Crippen LogP contribution in [-0.4, -0.2) is 48.7 Å². The van der Waals surface area contributed by atoms with Gasteiger partial charge in [-0.2, -0.15) is 0 Å². The Hall–Kier alpha value is -1.55. The third-order valence-corrected chi connectivity index (χ3v) is 3.68. The molecule has 1 aromatic carbocycles. The molecule has 1 aliphatic rings. The molecule has 0 spiro atoms. The van der Waals surface area contributed by atoms with Gasteiger partial charge in [0, 0.05) is 18.8 Å². The summed E-state index contributed by atoms with van der Waals surface area (Å²) < 4.78 is 0. The molecular formula is C15H22N2O2. The summed E-state index contributed by atoms with van der Waals surface area (Å²) in [6, 6.07) is 8.40. The number of aliphatic carboxylic acids is 1. The van der Waals surface area contributed by atoms with Gasteiger partial charge in [0.2, 0.25) is 0 Å². The molecular weight excluding hydrogens is 240 g/mol. The molecule has 0 bridgehead atoms. The first-order valence-electron chi connectivity index (χ1n) is 6.80. The Kier molecular flexibility index (Phi) is 4.43. The molecule has 1 aliphatic heterocycles. The number of nitrogens with zero attached hydrogens (tertiary/aromatic N) is 2. The summed E-state index contributed by atoms with van der Waals surface area (Å²) in [7, 11) is 2.06. The first kappa shape index (κ1) is 13.9. The van der Waals surface area contributed by atoms with Gasteiger partial charge in [0.05, 0.1) is 12.5 Å². The molecule has 1 unspecified atom stereocenters. The maximum Gasteiger partial charge on any atom is 0.305 e. The highest BCUT2D eigenvalue weighted by atomic mass is 16.4. The third-order valence-electron chi connectivity index (χ3n) is 3.68. The van der Waals surface area contributed by atoms with Gasteiger partial charge in [0.15, 0.2) is 0 Å². The number of aryl methyl sites for hydroxylation is 1. The van der Waals surface area contributed by atoms with Gasteiger partial charge < -0.3 is 14.9 Å². The molecule has 1 heterocycles. The van der Waals surface area contributed by atoms with Gasteiger partial charge in [0.1, 0.15) is 0 Å². The van der Waals surface area contributed by atoms with Crippen LogP contribution in [0.1, 0.15) is 18.4 Å². The lowest BCUT2D eigenvalue weighted by Crippen LogP contribution is -2.41. The normalized spacial score (nSPS) is 21.2. The van der Waals surface area contributed by atoms with Gasteiger partial charge in [-0.05, 0) is 39.1 Å². The number of hydrogen-bond acceptors (Lipinski definition) is 3. The second kappa shape index (κ2) is 6.06. The Balaban J connectivity index is 2.22. The smallest absolute Gasteiger partial charge is 0.305 e. The van der Waals surface area contributed by atoms with Crippen molar-refractivity contribution in [1.29, 1.82) is 0 Å². The van der Waals surface area contributed by atoms with Crippen molar-refractivity contribution in [2.45, 2.75) is 25.8 Å². The zero-order chi connectivity index (χ0) is 13.8. The van der Waals surface area contributed by atoms with Crippen molar-refractivity contribution in [3.8, 4) is 0 Å². The Morgan fingerprint density at radius 2 is 2.00 bits per heavy atom. The maximum absolute atomic E-state index is 11.1. The van der Waals surface area contributed by atoms with Crippen LogP contribution < -0.4 is 4.90 Å². The quantitative estimate of drug-likeness (QED) is 0.904. The zero-order valence-electron chi connectivity index (χ0n) is 11.7. The van der Waals surface area contributed by atoms with E-state index in [0.29, 0.717) is 0 Å². The van der Waals surface area contributed by atoms with Crippen LogP contribution in [0.25, 0.3) is 0 Å². The summed E-state index contributed by atoms with van der Waals surface area (Å²) in [5, 5.41) is 9.11. The number of carboxylic acids is 1. The van der Waals surface area contributed by atoms with Crippen LogP contribution in [0.15, 0.2) is 24.3 Å². The van der Waals surface area contributed by atoms with Gasteiger partial charge in [0.25, 0.3) is 0 Å². The van der Waals surface area contributed by atoms with Crippen molar-refractivity contribution in [2.24, 2.45) is 0 Å². The molecule has 2 rings (SSSR count). The Morgan fingerprint density at radius 3 is 2.63 bits per heavy atom. The maximum atomic E-state index is 11.1. The molecule has 0 amide bonds. The topological polar surface area (TPSA) is 43.8 Å². The average Bonchev–Trinajstić information content (AvgIpc) is 2.51. The van der Waals surface area contributed by atoms with Gasteiger partial charge in [-0.15, -0.1) is 0 Å². The summed E-state index contributed by atoms with van der Waals surface area (Å²) in [6.45, 7) is 4.82. The van der Waals surface area contributed by atoms with Crippen molar-refractivity contribution in [3.63, 3.8) is 0 Å². The van der Waals surface area contributed by atoms with Crippen molar-refractivity contribution in [2.75, 3.05) is 31.6 Å². The van der Waals surface area contributed by atoms with Crippen LogP contribution in [0.5, 0.6) is 0 Å². The summed E-state index contributed by atoms with van der Waals surface area (Å²) in [5.41, 5.74) is 2.36. The molecule has 0 radical (unpaired) electrons. The van der Waals surface area contributed by atoms with Crippen LogP contribution in [0.3, 0.4) is 0 Å². The minimum absolute atomic E-state index is 0.0488. The number of hydrogen-bond donors (Lipinski definition) is 1. The van der Waals surface area contributed by atoms with Crippen LogP contribution in [0.4, 0.5) is 5.69 Å². The predicted molar refractivity (Wildman–Crippen MR) is 76.7 cm³/mol. The molecule has 4 heteroatoms. The molecule has 1 aromatic rings. The first-order valence-corrected chi connectivity index (χ1v) is 6.80. The van der Waals surface area contributed by atoms with Gasteiger partial charge in [-0.25, -0.2) is 0 Å². The van der Waals surface area contributed by atoms with Gasteiger partial charge in [-0.1, -0.05) is 17.7 Å². The number of carbonyl (C=O) groups is 1. The van der Waals surface area contributed by atoms with E-state index in [0.717, 1.165) is 31.7 Å². The molecule has 0 aromatic heterocycles. The van der Waals surface area contributed by atoms with E-state index in [2.05, 4.69) is 48.0 Å². The molecule has 19 heavy (non-hydrogen) atoms. The number of benzene rings is 1. The summed E-state index contributed by atoms with van der Waals surface area (Å²) >= 11 is 0. The highest BCUT2D eigenvalue weighted by molar-refractivity contribution is 5.68. The molecule has 1 fully saturated rings. The minimum Gasteiger partial charge on any atom is -0.481 e. The second-order valence-corrected chi connectivity index (χ2v) is 5.40. The summed E-state index contributed by atoms with van der Waals surface area (Å²) in [5.74, 6) is -0.725. The van der Waals surface area contributed by atoms with Crippen molar-refractivity contribution in [3.05, 3.63) is 29.8 Å². The molecule has 1 N–H and O–H groups in total. The number of carboxylic acid groups (broad SMARTS) is 1. The van der Waals surface area contributed by atoms with Gasteiger partial charge >= 0.3 is 5.97 Å². The minimum atomic E-state index is -0.725. The molecule has 1 saturated heterocycles. The number of rotatable bonds is 3. The number of anilines is 1. The van der Waals surface area contributed by atoms with E-state index in [1.807, 2.05) is 0 Å². The lowest BCUT2D eigenvalue weighted by atomic mass is 10.1. The van der Waals surface area contributed by atoms with E-state index >= 15 is 0 Å². The molecule has 104 valence electrons. The molecule has 0 saturated carbocycles. The third kappa shape index (κ3) is 3.70. The lowest BCUT2D eigenvalue weighted by molar-refractivity contribution is -0.137. The molecule has 4 nitrogen and oxygen atoms in total. The monoisotopic (exact) mass is 262 g/mol. The highest BCUT2D eigenvalue weighted by Gasteiger charge is 2.25. The van der Waals surface area contributed by atoms with E-state index in [1.165, 1.54) is 5.56 Å². The lowest BCUT2D eigenvalue weighted by Gasteiger charge is -2.32. The fraction of sp³-hybridized carbons (Fsp3) is 0.533. The Bertz CT molecular complexity index is 430. The average molecular weight is 262 g/mol. The van der Waals surface area contributed by atoms with Crippen LogP contribution in [0, 0.1) is 6.92 Å². The van der Waals surface area contributed by atoms with E-state index in [1.54, 1.807) is 0 Å². The van der Waals surface area contributed by atoms with E-state index < -0.39 is 5.97 Å². The summed E-state index contributed by atoms with van der Waals surface area (Å²) in [6.07, 6.45) is 1.26. The van der Waals surface area contributed by atoms with E-state index in [9.17, 15) is 4.79 Å². The van der Waals surface area contributed by atoms with Gasteiger partial charge in [-0.3, -0.25) is 4.79 Å². The Morgan fingerprint density at radius 1 is 1.32 bits per heavy atom. The standard InChI is InChI=1S/C15H22N2O2/c1-12-4-6-13(7-5-12)17-9-3-8-16(2)11-14(17)10-15(18)19/h4-7,14H,3,8-11H2,1-2H3,(H,18,19). The predicted octanol–water partition coefficient (Wildman–Crippen LogP) is 1.98. The van der Waals surface area contributed by atoms with Crippen LogP contribution in [0.2, 0.25) is 0 Å². The molecule has 0 aliphatic carbocycles. The Labute approximate surface area is 114 Å². The van der Waals surface area contributed by atoms with E-state index in [4.69, 9.17) is 5.11 Å². The second-order valence-electron chi connectivity index (χ2n) is 5.40. The first-order chi connectivity index (χ1) is 9.06. The number of likely N-dealkylation sites (N-methyl/N-ethyl adjacent to an activating group) is 1. The zero-order valence-corrected chi connectivity index (χ0v) is 11.7. The summed E-state index contributed by atoms with van der Waals surface area (Å²) in [4.78, 5) is 15.5. The largest absolute Gasteiger partial charge is 0.481 e. The van der Waals surface area contributed by atoms with E-state index in [-0.39, 0.29) is 12.5 Å². The fourth-order valence-corrected chi connectivity index (χ4v) is 2.70. The van der Waals surface area contributed by atoms with Crippen LogP contribution in [-0.2, 0) is 4.79 Å². The van der Waals surface area contributed by atoms with Crippen LogP contribution >= 0.6 is 0 Å². The van der Waals surface area contributed by atoms with Crippen molar-refractivity contribution < 1.29 is 9.90 Å². The van der Waals surface area contributed by atoms with Crippen molar-refractivity contribution >= 4 is 11.7 Å². The SMILES string of the molecule is Cc1ccc(N2CCCN(C)CC2CC(=O)O)cc1. The highest BCUT2D eigenvalue weighted by Crippen LogP contribution is 2.22.